The van der Waals surface area contributed by atoms with Gasteiger partial charge in [0.25, 0.3) is 5.97 Å². The van der Waals surface area contributed by atoms with E-state index in [1.165, 1.54) is 109 Å². The van der Waals surface area contributed by atoms with Gasteiger partial charge in [0.1, 0.15) is 0 Å². The smallest absolute Gasteiger partial charge is 0.292 e. The molecule has 1 unspecified atom stereocenters. The van der Waals surface area contributed by atoms with Crippen LogP contribution in [0.2, 0.25) is 19.6 Å². The van der Waals surface area contributed by atoms with Crippen molar-refractivity contribution in [2.24, 2.45) is 5.92 Å². The van der Waals surface area contributed by atoms with E-state index in [4.69, 9.17) is 4.43 Å². The minimum absolute atomic E-state index is 0.0185. The van der Waals surface area contributed by atoms with Gasteiger partial charge in [-0.25, -0.2) is 0 Å². The second kappa shape index (κ2) is 19.6. The summed E-state index contributed by atoms with van der Waals surface area (Å²) in [6, 6.07) is 0. The molecule has 174 valence electrons. The lowest BCUT2D eigenvalue weighted by Gasteiger charge is -2.17. The van der Waals surface area contributed by atoms with Crippen LogP contribution >= 0.6 is 0 Å². The third-order valence-corrected chi connectivity index (χ3v) is 6.64. The van der Waals surface area contributed by atoms with Crippen LogP contribution in [0.25, 0.3) is 0 Å². The normalized spacial score (nSPS) is 12.9. The van der Waals surface area contributed by atoms with Crippen molar-refractivity contribution in [1.29, 1.82) is 0 Å². The van der Waals surface area contributed by atoms with Gasteiger partial charge in [-0.2, -0.15) is 0 Å². The van der Waals surface area contributed by atoms with Crippen LogP contribution < -0.4 is 0 Å². The second-order valence-corrected chi connectivity index (χ2v) is 14.8. The number of carbonyl (C=O) groups is 1. The molecule has 0 amide bonds. The Kier molecular flexibility index (Phi) is 19.4. The number of unbranched alkanes of at least 4 members (excludes halogenated alkanes) is 14. The van der Waals surface area contributed by atoms with Crippen LogP contribution in [0.5, 0.6) is 0 Å². The Morgan fingerprint density at radius 1 is 0.655 bits per heavy atom. The monoisotopic (exact) mass is 426 g/mol. The summed E-state index contributed by atoms with van der Waals surface area (Å²) in [5.74, 6) is 0.922. The summed E-state index contributed by atoms with van der Waals surface area (Å²) in [7, 11) is -1.69. The van der Waals surface area contributed by atoms with Gasteiger partial charge in [0.2, 0.25) is 8.32 Å². The lowest BCUT2D eigenvalue weighted by molar-refractivity contribution is -0.135. The minimum atomic E-state index is -1.69. The largest absolute Gasteiger partial charge is 0.520 e. The Bertz CT molecular complexity index is 362. The van der Waals surface area contributed by atoms with E-state index in [-0.39, 0.29) is 5.97 Å². The standard InChI is InChI=1S/C26H54O2Si/c1-6-7-8-9-10-11-12-13-16-19-22-25(2)23-20-17-14-15-18-21-24-26(27)28-29(3,4)5/h25H,6-24H2,1-5H3. The molecule has 0 bridgehead atoms. The lowest BCUT2D eigenvalue weighted by Crippen LogP contribution is -2.28. The molecule has 2 nitrogen and oxygen atoms in total. The summed E-state index contributed by atoms with van der Waals surface area (Å²) in [6.07, 6.45) is 25.3. The highest BCUT2D eigenvalue weighted by molar-refractivity contribution is 6.71. The molecule has 0 radical (unpaired) electrons. The van der Waals surface area contributed by atoms with Crippen molar-refractivity contribution < 1.29 is 9.22 Å². The van der Waals surface area contributed by atoms with E-state index in [1.54, 1.807) is 0 Å². The molecule has 1 atom stereocenters. The van der Waals surface area contributed by atoms with E-state index in [0.717, 1.165) is 12.3 Å². The topological polar surface area (TPSA) is 26.3 Å². The molecule has 29 heavy (non-hydrogen) atoms. The predicted octanol–water partition coefficient (Wildman–Crippen LogP) is 9.43. The molecular weight excluding hydrogens is 372 g/mol. The van der Waals surface area contributed by atoms with E-state index < -0.39 is 8.32 Å². The van der Waals surface area contributed by atoms with Crippen molar-refractivity contribution in [2.45, 2.75) is 155 Å². The molecule has 0 aliphatic heterocycles. The summed E-state index contributed by atoms with van der Waals surface area (Å²) in [6.45, 7) is 10.9. The van der Waals surface area contributed by atoms with Gasteiger partial charge in [-0.15, -0.1) is 0 Å². The van der Waals surface area contributed by atoms with Gasteiger partial charge in [-0.3, -0.25) is 4.79 Å². The fourth-order valence-corrected chi connectivity index (χ4v) is 4.77. The van der Waals surface area contributed by atoms with Crippen molar-refractivity contribution in [3.05, 3.63) is 0 Å². The number of rotatable bonds is 21. The lowest BCUT2D eigenvalue weighted by atomic mass is 9.95. The van der Waals surface area contributed by atoms with Gasteiger partial charge < -0.3 is 4.43 Å². The maximum absolute atomic E-state index is 11.7. The molecular formula is C26H54O2Si. The first kappa shape index (κ1) is 28.7. The quantitative estimate of drug-likeness (QED) is 0.135. The van der Waals surface area contributed by atoms with E-state index in [0.29, 0.717) is 6.42 Å². The Balaban J connectivity index is 3.28. The van der Waals surface area contributed by atoms with Crippen LogP contribution in [-0.4, -0.2) is 14.3 Å². The van der Waals surface area contributed by atoms with Crippen molar-refractivity contribution >= 4 is 14.3 Å². The van der Waals surface area contributed by atoms with Crippen LogP contribution in [-0.2, 0) is 9.22 Å². The van der Waals surface area contributed by atoms with Gasteiger partial charge >= 0.3 is 0 Å². The molecule has 0 aromatic rings. The van der Waals surface area contributed by atoms with Crippen LogP contribution in [0.3, 0.4) is 0 Å². The summed E-state index contributed by atoms with van der Waals surface area (Å²) < 4.78 is 5.49. The van der Waals surface area contributed by atoms with Crippen LogP contribution in [0, 0.1) is 5.92 Å². The number of hydrogen-bond acceptors (Lipinski definition) is 2. The molecule has 3 heteroatoms. The van der Waals surface area contributed by atoms with Crippen molar-refractivity contribution in [2.75, 3.05) is 0 Å². The molecule has 0 fully saturated rings. The minimum Gasteiger partial charge on any atom is -0.520 e. The van der Waals surface area contributed by atoms with Crippen molar-refractivity contribution in [1.82, 2.24) is 0 Å². The molecule has 0 heterocycles. The van der Waals surface area contributed by atoms with Crippen LogP contribution in [0.15, 0.2) is 0 Å². The fourth-order valence-electron chi connectivity index (χ4n) is 3.99. The fraction of sp³-hybridized carbons (Fsp3) is 0.962. The third-order valence-electron chi connectivity index (χ3n) is 5.80. The van der Waals surface area contributed by atoms with Crippen LogP contribution in [0.4, 0.5) is 0 Å². The van der Waals surface area contributed by atoms with E-state index in [1.807, 2.05) is 0 Å². The second-order valence-electron chi connectivity index (χ2n) is 10.3. The van der Waals surface area contributed by atoms with Gasteiger partial charge in [0, 0.05) is 6.42 Å². The maximum atomic E-state index is 11.7. The number of hydrogen-bond donors (Lipinski definition) is 0. The Morgan fingerprint density at radius 2 is 1.03 bits per heavy atom. The summed E-state index contributed by atoms with van der Waals surface area (Å²) in [4.78, 5) is 11.7. The van der Waals surface area contributed by atoms with Crippen LogP contribution in [0.1, 0.15) is 136 Å². The zero-order valence-electron chi connectivity index (χ0n) is 20.8. The van der Waals surface area contributed by atoms with Gasteiger partial charge in [0.15, 0.2) is 0 Å². The Hall–Kier alpha value is -0.313. The molecule has 0 aliphatic rings. The summed E-state index contributed by atoms with van der Waals surface area (Å²) in [5, 5.41) is 0. The molecule has 0 saturated carbocycles. The molecule has 0 aliphatic carbocycles. The van der Waals surface area contributed by atoms with Gasteiger partial charge in [0.05, 0.1) is 0 Å². The van der Waals surface area contributed by atoms with E-state index in [2.05, 4.69) is 33.5 Å². The molecule has 0 saturated heterocycles. The Labute approximate surface area is 185 Å². The molecule has 0 rings (SSSR count). The summed E-state index contributed by atoms with van der Waals surface area (Å²) in [5.41, 5.74) is 0. The zero-order chi connectivity index (χ0) is 21.8. The van der Waals surface area contributed by atoms with Gasteiger partial charge in [-0.1, -0.05) is 123 Å². The first-order chi connectivity index (χ1) is 13.8. The first-order valence-electron chi connectivity index (χ1n) is 13.1. The van der Waals surface area contributed by atoms with Crippen molar-refractivity contribution in [3.8, 4) is 0 Å². The SMILES string of the molecule is CCCCCCCCCCCCC(C)CCCCCCCCC(=O)O[Si](C)(C)C. The first-order valence-corrected chi connectivity index (χ1v) is 16.5. The predicted molar refractivity (Wildman–Crippen MR) is 132 cm³/mol. The van der Waals surface area contributed by atoms with E-state index >= 15 is 0 Å². The molecule has 0 aromatic carbocycles. The maximum Gasteiger partial charge on any atom is 0.292 e. The molecule has 0 N–H and O–H groups in total. The highest BCUT2D eigenvalue weighted by atomic mass is 28.4. The summed E-state index contributed by atoms with van der Waals surface area (Å²) >= 11 is 0. The highest BCUT2D eigenvalue weighted by Gasteiger charge is 2.19. The molecule has 0 spiro atoms. The third kappa shape index (κ3) is 23.8. The average Bonchev–Trinajstić information content (AvgIpc) is 2.64. The van der Waals surface area contributed by atoms with Gasteiger partial charge in [-0.05, 0) is 32.0 Å². The van der Waals surface area contributed by atoms with E-state index in [9.17, 15) is 4.79 Å². The molecule has 0 aromatic heterocycles. The Morgan fingerprint density at radius 3 is 1.45 bits per heavy atom. The highest BCUT2D eigenvalue weighted by Crippen LogP contribution is 2.19. The van der Waals surface area contributed by atoms with Crippen molar-refractivity contribution in [3.63, 3.8) is 0 Å². The number of carbonyl (C=O) groups excluding carboxylic acids is 1. The zero-order valence-corrected chi connectivity index (χ0v) is 21.8. The average molecular weight is 427 g/mol.